The monoisotopic (exact) mass is 507 g/mol. The molecule has 2 aromatic rings. The number of alkyl halides is 3. The van der Waals surface area contributed by atoms with Crippen molar-refractivity contribution in [3.8, 4) is 0 Å². The average Bonchev–Trinajstić information content (AvgIpc) is 3.33. The van der Waals surface area contributed by atoms with Crippen LogP contribution in [0, 0.1) is 0 Å². The maximum absolute atomic E-state index is 13.2. The normalized spacial score (nSPS) is 20.5. The summed E-state index contributed by atoms with van der Waals surface area (Å²) in [4.78, 5) is 25.4. The Kier molecular flexibility index (Phi) is 8.00. The number of carbonyl (C=O) groups excluding carboxylic acids is 2. The molecule has 194 valence electrons. The van der Waals surface area contributed by atoms with Crippen LogP contribution >= 0.6 is 0 Å². The van der Waals surface area contributed by atoms with Crippen molar-refractivity contribution in [3.63, 3.8) is 0 Å². The molecule has 1 atom stereocenters. The molecule has 11 heteroatoms. The van der Waals surface area contributed by atoms with Gasteiger partial charge in [0.25, 0.3) is 0 Å². The van der Waals surface area contributed by atoms with E-state index in [0.717, 1.165) is 11.6 Å². The lowest BCUT2D eigenvalue weighted by Crippen LogP contribution is -2.59. The Hall–Kier alpha value is -3.31. The number of amides is 2. The molecule has 4 rings (SSSR count). The zero-order valence-electron chi connectivity index (χ0n) is 19.5. The number of carbonyl (C=O) groups is 2. The van der Waals surface area contributed by atoms with Crippen LogP contribution in [0.1, 0.15) is 30.4 Å². The predicted molar refractivity (Wildman–Crippen MR) is 125 cm³/mol. The smallest absolute Gasteiger partial charge is 0.418 e. The minimum Gasteiger partial charge on any atom is -0.446 e. The van der Waals surface area contributed by atoms with E-state index in [2.05, 4.69) is 16.0 Å². The minimum atomic E-state index is -4.47. The lowest BCUT2D eigenvalue weighted by atomic mass is 9.97. The fourth-order valence-electron chi connectivity index (χ4n) is 4.12. The van der Waals surface area contributed by atoms with E-state index in [1.54, 1.807) is 24.3 Å². The van der Waals surface area contributed by atoms with Gasteiger partial charge in [0.15, 0.2) is 0 Å². The first-order chi connectivity index (χ1) is 17.2. The SMILES string of the molecule is O=C(N[C@@]1(C(=O)NCc2ccc(Nc3ccccc3C(F)(F)F)cc2)CCOC1)OC1CCOCC1. The molecule has 2 aliphatic rings. The summed E-state index contributed by atoms with van der Waals surface area (Å²) in [5.41, 5.74) is -0.830. The highest BCUT2D eigenvalue weighted by Crippen LogP contribution is 2.35. The molecular formula is C25H28F3N3O5. The van der Waals surface area contributed by atoms with Gasteiger partial charge < -0.3 is 30.2 Å². The van der Waals surface area contributed by atoms with E-state index in [1.807, 2.05) is 0 Å². The summed E-state index contributed by atoms with van der Waals surface area (Å²) in [6.45, 7) is 1.57. The van der Waals surface area contributed by atoms with Crippen LogP contribution in [0.15, 0.2) is 48.5 Å². The molecule has 2 heterocycles. The molecular weight excluding hydrogens is 479 g/mol. The van der Waals surface area contributed by atoms with Gasteiger partial charge in [-0.15, -0.1) is 0 Å². The minimum absolute atomic E-state index is 0.0309. The summed E-state index contributed by atoms with van der Waals surface area (Å²) in [5, 5.41) is 8.28. The van der Waals surface area contributed by atoms with E-state index < -0.39 is 29.3 Å². The molecule has 0 aliphatic carbocycles. The molecule has 0 saturated carbocycles. The van der Waals surface area contributed by atoms with Crippen LogP contribution in [0.5, 0.6) is 0 Å². The molecule has 8 nitrogen and oxygen atoms in total. The number of nitrogens with one attached hydrogen (secondary N) is 3. The second-order valence-corrected chi connectivity index (χ2v) is 8.77. The quantitative estimate of drug-likeness (QED) is 0.522. The van der Waals surface area contributed by atoms with Gasteiger partial charge in [-0.3, -0.25) is 4.79 Å². The summed E-state index contributed by atoms with van der Waals surface area (Å²) in [7, 11) is 0. The Labute approximate surface area is 206 Å². The molecule has 0 radical (unpaired) electrons. The van der Waals surface area contributed by atoms with E-state index in [1.165, 1.54) is 18.2 Å². The number of hydrogen-bond acceptors (Lipinski definition) is 6. The Morgan fingerprint density at radius 2 is 1.72 bits per heavy atom. The maximum atomic E-state index is 13.2. The fourth-order valence-corrected chi connectivity index (χ4v) is 4.12. The Balaban J connectivity index is 1.33. The molecule has 2 amide bonds. The summed E-state index contributed by atoms with van der Waals surface area (Å²) < 4.78 is 55.7. The van der Waals surface area contributed by atoms with Crippen LogP contribution in [0.3, 0.4) is 0 Å². The van der Waals surface area contributed by atoms with Gasteiger partial charge in [0.2, 0.25) is 5.91 Å². The van der Waals surface area contributed by atoms with Gasteiger partial charge in [-0.25, -0.2) is 4.79 Å². The van der Waals surface area contributed by atoms with Gasteiger partial charge in [-0.2, -0.15) is 13.2 Å². The number of rotatable bonds is 7. The van der Waals surface area contributed by atoms with Crippen molar-refractivity contribution in [2.75, 3.05) is 31.7 Å². The van der Waals surface area contributed by atoms with E-state index in [0.29, 0.717) is 44.8 Å². The number of ether oxygens (including phenoxy) is 3. The third-order valence-electron chi connectivity index (χ3n) is 6.16. The average molecular weight is 508 g/mol. The third kappa shape index (κ3) is 6.46. The molecule has 0 aromatic heterocycles. The molecule has 0 bridgehead atoms. The highest BCUT2D eigenvalue weighted by atomic mass is 19.4. The molecule has 36 heavy (non-hydrogen) atoms. The molecule has 2 fully saturated rings. The zero-order valence-corrected chi connectivity index (χ0v) is 19.5. The number of hydrogen-bond donors (Lipinski definition) is 3. The van der Waals surface area contributed by atoms with Crippen molar-refractivity contribution in [1.82, 2.24) is 10.6 Å². The van der Waals surface area contributed by atoms with Crippen LogP contribution in [-0.4, -0.2) is 50.1 Å². The van der Waals surface area contributed by atoms with Crippen molar-refractivity contribution in [2.45, 2.75) is 43.6 Å². The summed E-state index contributed by atoms with van der Waals surface area (Å²) in [6, 6.07) is 11.9. The van der Waals surface area contributed by atoms with Crippen molar-refractivity contribution < 1.29 is 37.0 Å². The molecule has 3 N–H and O–H groups in total. The summed E-state index contributed by atoms with van der Waals surface area (Å²) in [5.74, 6) is -0.398. The Bertz CT molecular complexity index is 1050. The number of anilines is 2. The van der Waals surface area contributed by atoms with Crippen LogP contribution < -0.4 is 16.0 Å². The predicted octanol–water partition coefficient (Wildman–Crippen LogP) is 4.13. The van der Waals surface area contributed by atoms with Gasteiger partial charge in [0.1, 0.15) is 11.6 Å². The van der Waals surface area contributed by atoms with Gasteiger partial charge in [0, 0.05) is 38.1 Å². The van der Waals surface area contributed by atoms with Gasteiger partial charge in [-0.05, 0) is 29.8 Å². The summed E-state index contributed by atoms with van der Waals surface area (Å²) in [6.07, 6.45) is -3.87. The zero-order chi connectivity index (χ0) is 25.6. The lowest BCUT2D eigenvalue weighted by molar-refractivity contribution is -0.137. The van der Waals surface area contributed by atoms with Crippen LogP contribution in [0.4, 0.5) is 29.3 Å². The van der Waals surface area contributed by atoms with Crippen LogP contribution in [0.25, 0.3) is 0 Å². The first kappa shape index (κ1) is 25.8. The number of halogens is 3. The third-order valence-corrected chi connectivity index (χ3v) is 6.16. The van der Waals surface area contributed by atoms with Crippen molar-refractivity contribution in [3.05, 3.63) is 59.7 Å². The number of alkyl carbamates (subject to hydrolysis) is 1. The summed E-state index contributed by atoms with van der Waals surface area (Å²) >= 11 is 0. The largest absolute Gasteiger partial charge is 0.446 e. The van der Waals surface area contributed by atoms with Crippen molar-refractivity contribution in [1.29, 1.82) is 0 Å². The highest BCUT2D eigenvalue weighted by molar-refractivity contribution is 5.90. The van der Waals surface area contributed by atoms with E-state index in [-0.39, 0.29) is 24.9 Å². The van der Waals surface area contributed by atoms with Crippen LogP contribution in [0.2, 0.25) is 0 Å². The highest BCUT2D eigenvalue weighted by Gasteiger charge is 2.44. The van der Waals surface area contributed by atoms with E-state index >= 15 is 0 Å². The molecule has 0 spiro atoms. The molecule has 2 aliphatic heterocycles. The second kappa shape index (κ2) is 11.2. The fraction of sp³-hybridized carbons (Fsp3) is 0.440. The lowest BCUT2D eigenvalue weighted by Gasteiger charge is -2.29. The maximum Gasteiger partial charge on any atom is 0.418 e. The van der Waals surface area contributed by atoms with Crippen LogP contribution in [-0.2, 0) is 31.7 Å². The van der Waals surface area contributed by atoms with E-state index in [4.69, 9.17) is 14.2 Å². The first-order valence-electron chi connectivity index (χ1n) is 11.7. The van der Waals surface area contributed by atoms with Gasteiger partial charge >= 0.3 is 12.3 Å². The Morgan fingerprint density at radius 3 is 2.39 bits per heavy atom. The van der Waals surface area contributed by atoms with E-state index in [9.17, 15) is 22.8 Å². The number of benzene rings is 2. The van der Waals surface area contributed by atoms with Gasteiger partial charge in [-0.1, -0.05) is 24.3 Å². The van der Waals surface area contributed by atoms with Gasteiger partial charge in [0.05, 0.1) is 31.1 Å². The standard InChI is InChI=1S/C25H28F3N3O5/c26-25(27,28)20-3-1-2-4-21(20)30-18-7-5-17(6-8-18)15-29-22(32)24(11-14-35-16-24)31-23(33)36-19-9-12-34-13-10-19/h1-8,19,30H,9-16H2,(H,29,32)(H,31,33)/t24-/m0/s1. The first-order valence-corrected chi connectivity index (χ1v) is 11.7. The topological polar surface area (TPSA) is 97.9 Å². The molecule has 2 aromatic carbocycles. The second-order valence-electron chi connectivity index (χ2n) is 8.77. The van der Waals surface area contributed by atoms with Crippen molar-refractivity contribution >= 4 is 23.4 Å². The van der Waals surface area contributed by atoms with Crippen molar-refractivity contribution in [2.24, 2.45) is 0 Å². The Morgan fingerprint density at radius 1 is 1.00 bits per heavy atom. The number of para-hydroxylation sites is 1. The molecule has 0 unspecified atom stereocenters. The molecule has 2 saturated heterocycles.